The van der Waals surface area contributed by atoms with Gasteiger partial charge in [-0.15, -0.1) is 0 Å². The second-order valence-electron chi connectivity index (χ2n) is 7.51. The maximum atomic E-state index is 12.5. The lowest BCUT2D eigenvalue weighted by Crippen LogP contribution is -2.43. The molecule has 0 aromatic heterocycles. The minimum Gasteiger partial charge on any atom is -0.341 e. The summed E-state index contributed by atoms with van der Waals surface area (Å²) < 4.78 is 0. The molecule has 4 nitrogen and oxygen atoms in total. The molecule has 0 N–H and O–H groups in total. The average molecular weight is 314 g/mol. The summed E-state index contributed by atoms with van der Waals surface area (Å²) in [7, 11) is 0. The van der Waals surface area contributed by atoms with Gasteiger partial charge in [-0.2, -0.15) is 0 Å². The van der Waals surface area contributed by atoms with Crippen LogP contribution in [0.5, 0.6) is 0 Å². The van der Waals surface area contributed by atoms with E-state index in [1.807, 2.05) is 23.1 Å². The summed E-state index contributed by atoms with van der Waals surface area (Å²) in [5.74, 6) is 1.37. The van der Waals surface area contributed by atoms with Crippen LogP contribution in [0.1, 0.15) is 26.3 Å². The molecule has 0 spiro atoms. The maximum absolute atomic E-state index is 12.5. The molecule has 1 saturated carbocycles. The zero-order chi connectivity index (χ0) is 16.6. The lowest BCUT2D eigenvalue weighted by atomic mass is 10.1. The van der Waals surface area contributed by atoms with Crippen LogP contribution in [0.15, 0.2) is 30.3 Å². The summed E-state index contributed by atoms with van der Waals surface area (Å²) in [6, 6.07) is 10.1. The number of fused-ring (bicyclic) bond motifs is 1. The summed E-state index contributed by atoms with van der Waals surface area (Å²) in [6.07, 6.45) is 0.784. The van der Waals surface area contributed by atoms with Crippen molar-refractivity contribution in [1.82, 2.24) is 9.80 Å². The standard InChI is InChI=1S/C19H26N2O2/c1-14(22)20(10-9-15-7-5-4-6-8-15)13-18(23)21-11-16-17(12-21)19(16,2)3/h4-8,16-17H,9-13H2,1-3H3. The molecule has 2 aliphatic rings. The van der Waals surface area contributed by atoms with Gasteiger partial charge in [-0.25, -0.2) is 0 Å². The molecule has 3 rings (SSSR count). The van der Waals surface area contributed by atoms with Crippen LogP contribution in [0, 0.1) is 17.3 Å². The quantitative estimate of drug-likeness (QED) is 0.836. The Kier molecular flexibility index (Phi) is 4.17. The third kappa shape index (κ3) is 3.26. The van der Waals surface area contributed by atoms with Gasteiger partial charge in [0.25, 0.3) is 0 Å². The van der Waals surface area contributed by atoms with Crippen LogP contribution in [-0.2, 0) is 16.0 Å². The van der Waals surface area contributed by atoms with E-state index in [0.717, 1.165) is 19.5 Å². The van der Waals surface area contributed by atoms with Crippen molar-refractivity contribution in [2.24, 2.45) is 17.3 Å². The molecule has 1 saturated heterocycles. The van der Waals surface area contributed by atoms with E-state index in [4.69, 9.17) is 0 Å². The monoisotopic (exact) mass is 314 g/mol. The van der Waals surface area contributed by atoms with E-state index in [9.17, 15) is 9.59 Å². The van der Waals surface area contributed by atoms with Crippen LogP contribution in [0.4, 0.5) is 0 Å². The molecule has 4 heteroatoms. The fourth-order valence-electron chi connectivity index (χ4n) is 3.86. The first-order valence-electron chi connectivity index (χ1n) is 8.47. The molecule has 0 bridgehead atoms. The molecule has 1 aliphatic carbocycles. The van der Waals surface area contributed by atoms with Crippen molar-refractivity contribution >= 4 is 11.8 Å². The van der Waals surface area contributed by atoms with Crippen LogP contribution in [0.25, 0.3) is 0 Å². The largest absolute Gasteiger partial charge is 0.341 e. The molecule has 2 amide bonds. The number of nitrogens with zero attached hydrogens (tertiary/aromatic N) is 2. The number of piperidine rings is 1. The summed E-state index contributed by atoms with van der Waals surface area (Å²) in [4.78, 5) is 27.9. The number of hydrogen-bond donors (Lipinski definition) is 0. The number of carbonyl (C=O) groups excluding carboxylic acids is 2. The van der Waals surface area contributed by atoms with Crippen LogP contribution in [-0.4, -0.2) is 47.8 Å². The van der Waals surface area contributed by atoms with Crippen molar-refractivity contribution in [3.8, 4) is 0 Å². The van der Waals surface area contributed by atoms with Gasteiger partial charge in [0.05, 0.1) is 6.54 Å². The Labute approximate surface area is 138 Å². The fraction of sp³-hybridized carbons (Fsp3) is 0.579. The second kappa shape index (κ2) is 5.99. The van der Waals surface area contributed by atoms with Crippen molar-refractivity contribution in [2.75, 3.05) is 26.2 Å². The van der Waals surface area contributed by atoms with E-state index < -0.39 is 0 Å². The highest BCUT2D eigenvalue weighted by Crippen LogP contribution is 2.61. The molecule has 124 valence electrons. The van der Waals surface area contributed by atoms with E-state index in [-0.39, 0.29) is 18.4 Å². The van der Waals surface area contributed by atoms with Gasteiger partial charge in [0.2, 0.25) is 11.8 Å². The van der Waals surface area contributed by atoms with E-state index in [0.29, 0.717) is 23.8 Å². The van der Waals surface area contributed by atoms with Crippen LogP contribution in [0.2, 0.25) is 0 Å². The summed E-state index contributed by atoms with van der Waals surface area (Å²) in [6.45, 7) is 8.64. The van der Waals surface area contributed by atoms with Crippen molar-refractivity contribution in [1.29, 1.82) is 0 Å². The highest BCUT2D eigenvalue weighted by Gasteiger charge is 2.62. The SMILES string of the molecule is CC(=O)N(CCc1ccccc1)CC(=O)N1CC2C(C1)C2(C)C. The van der Waals surface area contributed by atoms with E-state index in [1.54, 1.807) is 11.8 Å². The topological polar surface area (TPSA) is 40.6 Å². The lowest BCUT2D eigenvalue weighted by molar-refractivity contribution is -0.139. The molecule has 0 radical (unpaired) electrons. The van der Waals surface area contributed by atoms with Gasteiger partial charge < -0.3 is 9.80 Å². The first kappa shape index (κ1) is 16.0. The molecule has 1 aromatic carbocycles. The molecule has 2 fully saturated rings. The second-order valence-corrected chi connectivity index (χ2v) is 7.51. The lowest BCUT2D eigenvalue weighted by Gasteiger charge is -2.26. The van der Waals surface area contributed by atoms with Gasteiger partial charge in [0.15, 0.2) is 0 Å². The Morgan fingerprint density at radius 3 is 2.35 bits per heavy atom. The van der Waals surface area contributed by atoms with Crippen molar-refractivity contribution in [3.63, 3.8) is 0 Å². The molecular weight excluding hydrogens is 288 g/mol. The van der Waals surface area contributed by atoms with Gasteiger partial charge in [0.1, 0.15) is 0 Å². The molecule has 23 heavy (non-hydrogen) atoms. The third-order valence-corrected chi connectivity index (χ3v) is 5.76. The third-order valence-electron chi connectivity index (χ3n) is 5.76. The van der Waals surface area contributed by atoms with Crippen LogP contribution >= 0.6 is 0 Å². The Morgan fingerprint density at radius 1 is 1.17 bits per heavy atom. The first-order valence-corrected chi connectivity index (χ1v) is 8.47. The van der Waals surface area contributed by atoms with Gasteiger partial charge >= 0.3 is 0 Å². The molecule has 1 aliphatic heterocycles. The predicted molar refractivity (Wildman–Crippen MR) is 89.7 cm³/mol. The fourth-order valence-corrected chi connectivity index (χ4v) is 3.86. The zero-order valence-corrected chi connectivity index (χ0v) is 14.3. The van der Waals surface area contributed by atoms with Gasteiger partial charge in [-0.3, -0.25) is 9.59 Å². The molecular formula is C19H26N2O2. The average Bonchev–Trinajstić information content (AvgIpc) is 2.91. The number of carbonyl (C=O) groups is 2. The van der Waals surface area contributed by atoms with Gasteiger partial charge in [0, 0.05) is 26.6 Å². The predicted octanol–water partition coefficient (Wildman–Crippen LogP) is 2.19. The number of amides is 2. The Morgan fingerprint density at radius 2 is 1.78 bits per heavy atom. The number of likely N-dealkylation sites (tertiary alicyclic amines) is 1. The van der Waals surface area contributed by atoms with E-state index in [1.165, 1.54) is 5.56 Å². The normalized spacial score (nSPS) is 24.2. The molecule has 1 heterocycles. The van der Waals surface area contributed by atoms with Gasteiger partial charge in [-0.1, -0.05) is 44.2 Å². The highest BCUT2D eigenvalue weighted by atomic mass is 16.2. The van der Waals surface area contributed by atoms with Crippen LogP contribution < -0.4 is 0 Å². The Bertz CT molecular complexity index is 583. The molecule has 2 atom stereocenters. The minimum absolute atomic E-state index is 0.0287. The first-order chi connectivity index (χ1) is 10.9. The Balaban J connectivity index is 1.51. The number of rotatable bonds is 5. The number of hydrogen-bond acceptors (Lipinski definition) is 2. The van der Waals surface area contributed by atoms with Crippen LogP contribution in [0.3, 0.4) is 0 Å². The summed E-state index contributed by atoms with van der Waals surface area (Å²) >= 11 is 0. The van der Waals surface area contributed by atoms with Crippen molar-refractivity contribution < 1.29 is 9.59 Å². The maximum Gasteiger partial charge on any atom is 0.242 e. The zero-order valence-electron chi connectivity index (χ0n) is 14.3. The molecule has 1 aromatic rings. The minimum atomic E-state index is -0.0287. The summed E-state index contributed by atoms with van der Waals surface area (Å²) in [5.41, 5.74) is 1.60. The Hall–Kier alpha value is -1.84. The van der Waals surface area contributed by atoms with Crippen molar-refractivity contribution in [2.45, 2.75) is 27.2 Å². The van der Waals surface area contributed by atoms with E-state index in [2.05, 4.69) is 26.0 Å². The van der Waals surface area contributed by atoms with Gasteiger partial charge in [-0.05, 0) is 29.2 Å². The summed E-state index contributed by atoms with van der Waals surface area (Å²) in [5, 5.41) is 0. The van der Waals surface area contributed by atoms with E-state index >= 15 is 0 Å². The smallest absolute Gasteiger partial charge is 0.242 e. The number of benzene rings is 1. The van der Waals surface area contributed by atoms with Crippen molar-refractivity contribution in [3.05, 3.63) is 35.9 Å². The highest BCUT2D eigenvalue weighted by molar-refractivity contribution is 5.84. The molecule has 2 unspecified atom stereocenters.